The Morgan fingerprint density at radius 1 is 1.30 bits per heavy atom. The summed E-state index contributed by atoms with van der Waals surface area (Å²) in [5.74, 6) is 0.560. The topological polar surface area (TPSA) is 64.0 Å². The second-order valence-electron chi connectivity index (χ2n) is 6.67. The molecular weight excluding hydrogens is 330 g/mol. The van der Waals surface area contributed by atoms with Crippen LogP contribution in [0.1, 0.15) is 36.7 Å². The maximum absolute atomic E-state index is 11.8. The van der Waals surface area contributed by atoms with Crippen LogP contribution in [-0.2, 0) is 9.84 Å². The first-order chi connectivity index (χ1) is 10.9. The number of sulfone groups is 1. The van der Waals surface area contributed by atoms with Crippen molar-refractivity contribution in [2.45, 2.75) is 45.2 Å². The van der Waals surface area contributed by atoms with Crippen molar-refractivity contribution in [2.24, 2.45) is 0 Å². The first-order valence-corrected chi connectivity index (χ1v) is 10.7. The third-order valence-corrected chi connectivity index (χ3v) is 7.27. The SMILES string of the molecule is Cc1cc(-c2csc(NC3CC3)n2)c(C)n1[C@@H]1CCS(=O)(=O)C1. The summed E-state index contributed by atoms with van der Waals surface area (Å²) in [5, 5.41) is 6.50. The molecule has 124 valence electrons. The summed E-state index contributed by atoms with van der Waals surface area (Å²) in [5.41, 5.74) is 4.34. The quantitative estimate of drug-likeness (QED) is 0.919. The van der Waals surface area contributed by atoms with Gasteiger partial charge in [-0.3, -0.25) is 0 Å². The zero-order valence-corrected chi connectivity index (χ0v) is 15.0. The summed E-state index contributed by atoms with van der Waals surface area (Å²) < 4.78 is 25.8. The zero-order chi connectivity index (χ0) is 16.2. The van der Waals surface area contributed by atoms with Crippen molar-refractivity contribution in [3.05, 3.63) is 22.8 Å². The third-order valence-electron chi connectivity index (χ3n) is 4.74. The van der Waals surface area contributed by atoms with Gasteiger partial charge in [-0.2, -0.15) is 0 Å². The largest absolute Gasteiger partial charge is 0.359 e. The normalized spacial score (nSPS) is 23.3. The van der Waals surface area contributed by atoms with Crippen molar-refractivity contribution in [3.8, 4) is 11.3 Å². The Morgan fingerprint density at radius 3 is 2.74 bits per heavy atom. The van der Waals surface area contributed by atoms with Gasteiger partial charge in [-0.15, -0.1) is 11.3 Å². The Kier molecular flexibility index (Phi) is 3.53. The summed E-state index contributed by atoms with van der Waals surface area (Å²) in [6.45, 7) is 4.12. The summed E-state index contributed by atoms with van der Waals surface area (Å²) in [7, 11) is -2.88. The molecule has 2 fully saturated rings. The minimum atomic E-state index is -2.88. The average Bonchev–Trinajstić information content (AvgIpc) is 2.91. The third kappa shape index (κ3) is 2.92. The van der Waals surface area contributed by atoms with Gasteiger partial charge in [0.2, 0.25) is 0 Å². The van der Waals surface area contributed by atoms with E-state index in [0.717, 1.165) is 27.8 Å². The van der Waals surface area contributed by atoms with E-state index in [1.165, 1.54) is 12.8 Å². The van der Waals surface area contributed by atoms with Gasteiger partial charge in [0.1, 0.15) is 0 Å². The molecular formula is C16H21N3O2S2. The van der Waals surface area contributed by atoms with E-state index in [1.807, 2.05) is 0 Å². The summed E-state index contributed by atoms with van der Waals surface area (Å²) in [6.07, 6.45) is 3.18. The molecule has 0 unspecified atom stereocenters. The summed E-state index contributed by atoms with van der Waals surface area (Å²) in [4.78, 5) is 4.71. The van der Waals surface area contributed by atoms with Crippen LogP contribution in [0.3, 0.4) is 0 Å². The molecule has 2 aliphatic rings. The smallest absolute Gasteiger partial charge is 0.183 e. The lowest BCUT2D eigenvalue weighted by molar-refractivity contribution is 0.536. The second-order valence-corrected chi connectivity index (χ2v) is 9.76. The van der Waals surface area contributed by atoms with Crippen LogP contribution in [0.2, 0.25) is 0 Å². The minimum Gasteiger partial charge on any atom is -0.359 e. The monoisotopic (exact) mass is 351 g/mol. The van der Waals surface area contributed by atoms with Crippen LogP contribution in [0.15, 0.2) is 11.4 Å². The molecule has 1 N–H and O–H groups in total. The predicted molar refractivity (Wildman–Crippen MR) is 94.0 cm³/mol. The van der Waals surface area contributed by atoms with E-state index in [-0.39, 0.29) is 11.8 Å². The fourth-order valence-electron chi connectivity index (χ4n) is 3.44. The van der Waals surface area contributed by atoms with Gasteiger partial charge >= 0.3 is 0 Å². The van der Waals surface area contributed by atoms with Crippen LogP contribution >= 0.6 is 11.3 Å². The lowest BCUT2D eigenvalue weighted by Gasteiger charge is -2.16. The molecule has 7 heteroatoms. The van der Waals surface area contributed by atoms with Crippen molar-refractivity contribution in [3.63, 3.8) is 0 Å². The van der Waals surface area contributed by atoms with E-state index >= 15 is 0 Å². The Morgan fingerprint density at radius 2 is 2.09 bits per heavy atom. The molecule has 0 bridgehead atoms. The molecule has 0 aromatic carbocycles. The first kappa shape index (κ1) is 15.2. The maximum atomic E-state index is 11.8. The molecule has 0 amide bonds. The second kappa shape index (κ2) is 5.34. The molecule has 5 nitrogen and oxygen atoms in total. The van der Waals surface area contributed by atoms with Crippen molar-refractivity contribution in [2.75, 3.05) is 16.8 Å². The highest BCUT2D eigenvalue weighted by atomic mass is 32.2. The number of nitrogens with zero attached hydrogens (tertiary/aromatic N) is 2. The van der Waals surface area contributed by atoms with E-state index in [0.29, 0.717) is 18.2 Å². The molecule has 2 aromatic rings. The van der Waals surface area contributed by atoms with Gasteiger partial charge in [0, 0.05) is 34.4 Å². The van der Waals surface area contributed by atoms with Gasteiger partial charge in [0.15, 0.2) is 15.0 Å². The summed E-state index contributed by atoms with van der Waals surface area (Å²) >= 11 is 1.64. The van der Waals surface area contributed by atoms with Crippen molar-refractivity contribution in [1.82, 2.24) is 9.55 Å². The van der Waals surface area contributed by atoms with E-state index in [9.17, 15) is 8.42 Å². The van der Waals surface area contributed by atoms with Gasteiger partial charge in [-0.1, -0.05) is 0 Å². The van der Waals surface area contributed by atoms with E-state index in [2.05, 4.69) is 35.2 Å². The van der Waals surface area contributed by atoms with Crippen LogP contribution in [0.4, 0.5) is 5.13 Å². The Bertz CT molecular complexity index is 847. The van der Waals surface area contributed by atoms with E-state index < -0.39 is 9.84 Å². The van der Waals surface area contributed by atoms with Crippen LogP contribution in [0, 0.1) is 13.8 Å². The van der Waals surface area contributed by atoms with Gasteiger partial charge in [0.25, 0.3) is 0 Å². The number of hydrogen-bond acceptors (Lipinski definition) is 5. The molecule has 1 aliphatic carbocycles. The standard InChI is InChI=1S/C16H21N3O2S2/c1-10-7-14(15-8-22-16(18-15)17-12-3-4-12)11(2)19(10)13-5-6-23(20,21)9-13/h7-8,12-13H,3-6,9H2,1-2H3,(H,17,18)/t13-/m1/s1. The van der Waals surface area contributed by atoms with Gasteiger partial charge in [-0.25, -0.2) is 13.4 Å². The van der Waals surface area contributed by atoms with Gasteiger partial charge in [0.05, 0.1) is 17.2 Å². The molecule has 1 aliphatic heterocycles. The molecule has 4 rings (SSSR count). The molecule has 2 aromatic heterocycles. The Labute approximate surface area is 140 Å². The van der Waals surface area contributed by atoms with Crippen LogP contribution in [0.5, 0.6) is 0 Å². The van der Waals surface area contributed by atoms with Crippen LogP contribution < -0.4 is 5.32 Å². The highest BCUT2D eigenvalue weighted by Crippen LogP contribution is 2.35. The Balaban J connectivity index is 1.65. The van der Waals surface area contributed by atoms with Crippen molar-refractivity contribution >= 4 is 26.3 Å². The molecule has 23 heavy (non-hydrogen) atoms. The zero-order valence-electron chi connectivity index (χ0n) is 13.4. The fraction of sp³-hybridized carbons (Fsp3) is 0.562. The number of aromatic nitrogens is 2. The lowest BCUT2D eigenvalue weighted by atomic mass is 10.2. The lowest BCUT2D eigenvalue weighted by Crippen LogP contribution is -2.13. The average molecular weight is 351 g/mol. The summed E-state index contributed by atoms with van der Waals surface area (Å²) in [6, 6.07) is 2.80. The molecule has 0 spiro atoms. The number of thiazole rings is 1. The first-order valence-electron chi connectivity index (χ1n) is 8.04. The van der Waals surface area contributed by atoms with Gasteiger partial charge < -0.3 is 9.88 Å². The minimum absolute atomic E-state index is 0.0662. The Hall–Kier alpha value is -1.34. The molecule has 3 heterocycles. The molecule has 0 radical (unpaired) electrons. The molecule has 1 atom stereocenters. The highest BCUT2D eigenvalue weighted by Gasteiger charge is 2.31. The number of anilines is 1. The predicted octanol–water partition coefficient (Wildman–Crippen LogP) is 3.16. The van der Waals surface area contributed by atoms with Crippen molar-refractivity contribution in [1.29, 1.82) is 0 Å². The van der Waals surface area contributed by atoms with E-state index in [1.54, 1.807) is 11.3 Å². The fourth-order valence-corrected chi connectivity index (χ4v) is 5.93. The molecule has 1 saturated carbocycles. The van der Waals surface area contributed by atoms with E-state index in [4.69, 9.17) is 4.98 Å². The van der Waals surface area contributed by atoms with Crippen molar-refractivity contribution < 1.29 is 8.42 Å². The number of nitrogens with one attached hydrogen (secondary N) is 1. The van der Waals surface area contributed by atoms with Crippen LogP contribution in [0.25, 0.3) is 11.3 Å². The molecule has 1 saturated heterocycles. The van der Waals surface area contributed by atoms with Crippen LogP contribution in [-0.4, -0.2) is 35.5 Å². The highest BCUT2D eigenvalue weighted by molar-refractivity contribution is 7.91. The number of hydrogen-bond donors (Lipinski definition) is 1. The number of aryl methyl sites for hydroxylation is 1. The van der Waals surface area contributed by atoms with Gasteiger partial charge in [-0.05, 0) is 39.2 Å². The maximum Gasteiger partial charge on any atom is 0.183 e. The number of rotatable bonds is 4.